The average Bonchev–Trinajstić information content (AvgIpc) is 3.43. The second kappa shape index (κ2) is 5.79. The molecule has 0 N–H and O–H groups in total. The maximum Gasteiger partial charge on any atom is 0.509 e. The number of hydrogen-bond donors (Lipinski definition) is 0. The number of hydrogen-bond acceptors (Lipinski definition) is 5. The predicted octanol–water partition coefficient (Wildman–Crippen LogP) is 4.07. The molecule has 0 radical (unpaired) electrons. The van der Waals surface area contributed by atoms with Crippen LogP contribution < -0.4 is 0 Å². The molecule has 0 aromatic carbocycles. The van der Waals surface area contributed by atoms with E-state index in [1.165, 1.54) is 20.0 Å². The maximum absolute atomic E-state index is 12.8. The van der Waals surface area contributed by atoms with E-state index in [4.69, 9.17) is 14.2 Å². The molecule has 0 spiro atoms. The molecular formula is C24H32O5. The van der Waals surface area contributed by atoms with Crippen molar-refractivity contribution in [3.63, 3.8) is 0 Å². The molecule has 12 atom stereocenters. The molecular weight excluding hydrogens is 368 g/mol. The summed E-state index contributed by atoms with van der Waals surface area (Å²) in [6.45, 7) is 5.50. The van der Waals surface area contributed by atoms with Crippen molar-refractivity contribution >= 4 is 12.1 Å². The summed E-state index contributed by atoms with van der Waals surface area (Å²) in [6, 6.07) is 0. The van der Waals surface area contributed by atoms with E-state index in [1.54, 1.807) is 0 Å². The second-order valence-corrected chi connectivity index (χ2v) is 11.5. The first kappa shape index (κ1) is 18.3. The fraction of sp³-hybridized carbons (Fsp3) is 0.833. The van der Waals surface area contributed by atoms with E-state index in [2.05, 4.69) is 12.2 Å². The minimum Gasteiger partial charge on any atom is -0.469 e. The fourth-order valence-corrected chi connectivity index (χ4v) is 9.21. The molecule has 0 aromatic rings. The lowest BCUT2D eigenvalue weighted by Crippen LogP contribution is -2.50. The number of carbonyl (C=O) groups is 2. The summed E-state index contributed by atoms with van der Waals surface area (Å²) in [5.41, 5.74) is -0.604. The molecule has 0 amide bonds. The zero-order chi connectivity index (χ0) is 20.2. The van der Waals surface area contributed by atoms with Crippen LogP contribution in [0.3, 0.4) is 0 Å². The van der Waals surface area contributed by atoms with Crippen LogP contribution in [0.4, 0.5) is 4.79 Å². The van der Waals surface area contributed by atoms with Crippen molar-refractivity contribution in [1.29, 1.82) is 0 Å². The SMILES string of the molecule is COC(=O)C1C2CC(C1OC(=O)OC(C)(C)C)C1C3CC(C4C5C=CC(C5)C34)C21. The van der Waals surface area contributed by atoms with Gasteiger partial charge in [-0.05, 0) is 93.3 Å². The highest BCUT2D eigenvalue weighted by Gasteiger charge is 2.74. The zero-order valence-electron chi connectivity index (χ0n) is 17.7. The van der Waals surface area contributed by atoms with Gasteiger partial charge in [-0.15, -0.1) is 0 Å². The molecule has 5 saturated carbocycles. The first-order chi connectivity index (χ1) is 13.8. The molecule has 5 heteroatoms. The van der Waals surface area contributed by atoms with Crippen molar-refractivity contribution in [2.24, 2.45) is 65.1 Å². The Bertz CT molecular complexity index is 781. The maximum atomic E-state index is 12.8. The highest BCUT2D eigenvalue weighted by atomic mass is 16.7. The highest BCUT2D eigenvalue weighted by molar-refractivity contribution is 5.75. The van der Waals surface area contributed by atoms with Gasteiger partial charge in [0, 0.05) is 5.92 Å². The topological polar surface area (TPSA) is 61.8 Å². The van der Waals surface area contributed by atoms with Gasteiger partial charge in [0.25, 0.3) is 0 Å². The van der Waals surface area contributed by atoms with E-state index in [1.807, 2.05) is 20.8 Å². The lowest BCUT2D eigenvalue weighted by Gasteiger charge is -2.47. The summed E-state index contributed by atoms with van der Waals surface area (Å²) >= 11 is 0. The van der Waals surface area contributed by atoms with Crippen LogP contribution >= 0.6 is 0 Å². The van der Waals surface area contributed by atoms with Crippen molar-refractivity contribution in [1.82, 2.24) is 0 Å². The second-order valence-electron chi connectivity index (χ2n) is 11.5. The molecule has 0 aromatic heterocycles. The summed E-state index contributed by atoms with van der Waals surface area (Å²) in [6.07, 6.45) is 7.56. The fourth-order valence-electron chi connectivity index (χ4n) is 9.21. The summed E-state index contributed by atoms with van der Waals surface area (Å²) < 4.78 is 16.5. The van der Waals surface area contributed by atoms with E-state index in [0.717, 1.165) is 41.9 Å². The van der Waals surface area contributed by atoms with E-state index < -0.39 is 17.9 Å². The number of fused-ring (bicyclic) bond motifs is 16. The van der Waals surface area contributed by atoms with Gasteiger partial charge in [-0.3, -0.25) is 4.79 Å². The normalized spacial score (nSPS) is 52.6. The number of carbonyl (C=O) groups excluding carboxylic acids is 2. The number of allylic oxidation sites excluding steroid dienone is 2. The van der Waals surface area contributed by atoms with Crippen molar-refractivity contribution in [3.8, 4) is 0 Å². The molecule has 6 aliphatic carbocycles. The summed E-state index contributed by atoms with van der Waals surface area (Å²) in [5, 5.41) is 0. The standard InChI is InChI=1S/C24H32O5/c1-24(2,3)29-23(26)28-21-15-9-14(20(21)22(25)27-4)18-12-8-13(19(15)18)17-11-6-5-10(7-11)16(12)17/h5-6,10-21H,7-9H2,1-4H3. The summed E-state index contributed by atoms with van der Waals surface area (Å²) in [7, 11) is 1.45. The van der Waals surface area contributed by atoms with Crippen LogP contribution in [-0.4, -0.2) is 30.9 Å². The molecule has 6 rings (SSSR count). The highest BCUT2D eigenvalue weighted by Crippen LogP contribution is 2.76. The van der Waals surface area contributed by atoms with Crippen molar-refractivity contribution in [2.75, 3.05) is 7.11 Å². The van der Waals surface area contributed by atoms with Gasteiger partial charge in [0.15, 0.2) is 0 Å². The van der Waals surface area contributed by atoms with Crippen molar-refractivity contribution < 1.29 is 23.8 Å². The van der Waals surface area contributed by atoms with E-state index in [9.17, 15) is 9.59 Å². The van der Waals surface area contributed by atoms with Crippen LogP contribution in [0.15, 0.2) is 12.2 Å². The number of esters is 1. The molecule has 0 heterocycles. The average molecular weight is 401 g/mol. The minimum absolute atomic E-state index is 0.211. The van der Waals surface area contributed by atoms with Crippen LogP contribution in [0.1, 0.15) is 40.0 Å². The van der Waals surface area contributed by atoms with Crippen LogP contribution in [0.2, 0.25) is 0 Å². The largest absolute Gasteiger partial charge is 0.509 e. The van der Waals surface area contributed by atoms with Gasteiger partial charge in [-0.25, -0.2) is 4.79 Å². The van der Waals surface area contributed by atoms with E-state index in [-0.39, 0.29) is 17.8 Å². The Balaban J connectivity index is 1.30. The third kappa shape index (κ3) is 2.33. The van der Waals surface area contributed by atoms with Crippen molar-refractivity contribution in [2.45, 2.75) is 51.7 Å². The molecule has 29 heavy (non-hydrogen) atoms. The van der Waals surface area contributed by atoms with Crippen LogP contribution in [0.5, 0.6) is 0 Å². The third-order valence-electron chi connectivity index (χ3n) is 9.41. The van der Waals surface area contributed by atoms with Gasteiger partial charge < -0.3 is 14.2 Å². The Hall–Kier alpha value is -1.52. The first-order valence-electron chi connectivity index (χ1n) is 11.4. The molecule has 0 saturated heterocycles. The summed E-state index contributed by atoms with van der Waals surface area (Å²) in [4.78, 5) is 25.2. The third-order valence-corrected chi connectivity index (χ3v) is 9.41. The lowest BCUT2D eigenvalue weighted by molar-refractivity contribution is -0.158. The minimum atomic E-state index is -0.649. The summed E-state index contributed by atoms with van der Waals surface area (Å²) in [5.74, 6) is 5.94. The van der Waals surface area contributed by atoms with Crippen molar-refractivity contribution in [3.05, 3.63) is 12.2 Å². The molecule has 6 aliphatic rings. The molecule has 5 fully saturated rings. The van der Waals surface area contributed by atoms with Crippen LogP contribution in [0.25, 0.3) is 0 Å². The number of rotatable bonds is 2. The Morgan fingerprint density at radius 2 is 1.41 bits per heavy atom. The Morgan fingerprint density at radius 3 is 2.00 bits per heavy atom. The van der Waals surface area contributed by atoms with Gasteiger partial charge in [0.05, 0.1) is 13.0 Å². The lowest BCUT2D eigenvalue weighted by atomic mass is 9.59. The molecule has 5 nitrogen and oxygen atoms in total. The Labute approximate surface area is 172 Å². The number of methoxy groups -OCH3 is 1. The predicted molar refractivity (Wildman–Crippen MR) is 105 cm³/mol. The Morgan fingerprint density at radius 1 is 0.828 bits per heavy atom. The molecule has 158 valence electrons. The zero-order valence-corrected chi connectivity index (χ0v) is 17.7. The van der Waals surface area contributed by atoms with Gasteiger partial charge in [0.1, 0.15) is 11.7 Å². The Kier molecular flexibility index (Phi) is 3.65. The molecule has 6 bridgehead atoms. The first-order valence-corrected chi connectivity index (χ1v) is 11.4. The van der Waals surface area contributed by atoms with Gasteiger partial charge in [-0.2, -0.15) is 0 Å². The van der Waals surface area contributed by atoms with Gasteiger partial charge >= 0.3 is 12.1 Å². The van der Waals surface area contributed by atoms with Crippen LogP contribution in [-0.2, 0) is 19.0 Å². The quantitative estimate of drug-likeness (QED) is 0.397. The van der Waals surface area contributed by atoms with Gasteiger partial charge in [0.2, 0.25) is 0 Å². The smallest absolute Gasteiger partial charge is 0.469 e. The number of ether oxygens (including phenoxy) is 3. The van der Waals surface area contributed by atoms with E-state index in [0.29, 0.717) is 17.8 Å². The molecule has 0 aliphatic heterocycles. The molecule has 12 unspecified atom stereocenters. The monoisotopic (exact) mass is 400 g/mol. The van der Waals surface area contributed by atoms with Gasteiger partial charge in [-0.1, -0.05) is 12.2 Å². The van der Waals surface area contributed by atoms with E-state index >= 15 is 0 Å². The van der Waals surface area contributed by atoms with Crippen LogP contribution in [0, 0.1) is 65.1 Å².